The fourth-order valence-corrected chi connectivity index (χ4v) is 2.39. The maximum absolute atomic E-state index is 12.2. The van der Waals surface area contributed by atoms with Gasteiger partial charge in [-0.3, -0.25) is 9.59 Å². The average Bonchev–Trinajstić information content (AvgIpc) is 3.23. The zero-order valence-corrected chi connectivity index (χ0v) is 11.9. The van der Waals surface area contributed by atoms with Crippen LogP contribution in [0.3, 0.4) is 0 Å². The van der Waals surface area contributed by atoms with E-state index in [2.05, 4.69) is 10.5 Å². The molecule has 1 aliphatic rings. The summed E-state index contributed by atoms with van der Waals surface area (Å²) in [5.41, 5.74) is 0.994. The number of hydrogen-bond donors (Lipinski definition) is 2. The summed E-state index contributed by atoms with van der Waals surface area (Å²) in [5.74, 6) is -0.557. The van der Waals surface area contributed by atoms with Crippen molar-refractivity contribution in [2.45, 2.75) is 25.3 Å². The number of aliphatic carboxylic acids is 1. The Morgan fingerprint density at radius 3 is 2.68 bits per heavy atom. The van der Waals surface area contributed by atoms with Crippen molar-refractivity contribution in [1.82, 2.24) is 10.5 Å². The van der Waals surface area contributed by atoms with Crippen molar-refractivity contribution in [3.63, 3.8) is 0 Å². The topological polar surface area (TPSA) is 92.4 Å². The van der Waals surface area contributed by atoms with Crippen molar-refractivity contribution < 1.29 is 19.2 Å². The smallest absolute Gasteiger partial charge is 0.305 e. The number of benzene rings is 1. The van der Waals surface area contributed by atoms with Gasteiger partial charge in [0.05, 0.1) is 6.42 Å². The zero-order chi connectivity index (χ0) is 15.5. The van der Waals surface area contributed by atoms with E-state index < -0.39 is 11.9 Å². The Labute approximate surface area is 127 Å². The lowest BCUT2D eigenvalue weighted by Gasteiger charge is -2.14. The van der Waals surface area contributed by atoms with Crippen LogP contribution in [0.1, 0.15) is 29.8 Å². The molecule has 1 atom stereocenters. The van der Waals surface area contributed by atoms with E-state index in [1.54, 1.807) is 6.07 Å². The van der Waals surface area contributed by atoms with Gasteiger partial charge in [-0.05, 0) is 18.8 Å². The maximum atomic E-state index is 12.2. The summed E-state index contributed by atoms with van der Waals surface area (Å²) >= 11 is 0. The molecule has 2 aromatic rings. The standard InChI is InChI=1S/C16H16N2O4/c19-15(20)9-12(10-6-7-10)17-16(21)13-8-14(22-18-13)11-4-2-1-3-5-11/h1-5,8,10,12H,6-7,9H2,(H,17,21)(H,19,20)/t12-/m0/s1. The fraction of sp³-hybridized carbons (Fsp3) is 0.312. The first kappa shape index (κ1) is 14.3. The molecule has 0 saturated heterocycles. The van der Waals surface area contributed by atoms with Crippen LogP contribution < -0.4 is 5.32 Å². The van der Waals surface area contributed by atoms with Gasteiger partial charge in [0.1, 0.15) is 0 Å². The van der Waals surface area contributed by atoms with Gasteiger partial charge in [-0.1, -0.05) is 35.5 Å². The minimum atomic E-state index is -0.915. The number of aromatic nitrogens is 1. The Hall–Kier alpha value is -2.63. The quantitative estimate of drug-likeness (QED) is 0.854. The highest BCUT2D eigenvalue weighted by molar-refractivity contribution is 5.93. The summed E-state index contributed by atoms with van der Waals surface area (Å²) in [4.78, 5) is 23.1. The fourth-order valence-electron chi connectivity index (χ4n) is 2.39. The number of hydrogen-bond acceptors (Lipinski definition) is 4. The van der Waals surface area contributed by atoms with Gasteiger partial charge in [-0.2, -0.15) is 0 Å². The third kappa shape index (κ3) is 3.33. The van der Waals surface area contributed by atoms with Gasteiger partial charge in [0.15, 0.2) is 11.5 Å². The van der Waals surface area contributed by atoms with E-state index in [4.69, 9.17) is 9.63 Å². The third-order valence-corrected chi connectivity index (χ3v) is 3.70. The van der Waals surface area contributed by atoms with Crippen LogP contribution in [-0.4, -0.2) is 28.2 Å². The normalized spacial score (nSPS) is 15.3. The Kier molecular flexibility index (Phi) is 3.91. The van der Waals surface area contributed by atoms with Gasteiger partial charge in [-0.15, -0.1) is 0 Å². The number of nitrogens with zero attached hydrogens (tertiary/aromatic N) is 1. The molecule has 22 heavy (non-hydrogen) atoms. The number of amides is 1. The summed E-state index contributed by atoms with van der Waals surface area (Å²) in [7, 11) is 0. The molecule has 1 aromatic heterocycles. The SMILES string of the molecule is O=C(O)C[C@H](NC(=O)c1cc(-c2ccccc2)on1)C1CC1. The van der Waals surface area contributed by atoms with Crippen LogP contribution in [0.2, 0.25) is 0 Å². The van der Waals surface area contributed by atoms with Crippen LogP contribution >= 0.6 is 0 Å². The molecule has 1 heterocycles. The van der Waals surface area contributed by atoms with E-state index in [9.17, 15) is 9.59 Å². The van der Waals surface area contributed by atoms with E-state index >= 15 is 0 Å². The molecular formula is C16H16N2O4. The lowest BCUT2D eigenvalue weighted by atomic mass is 10.1. The molecule has 1 aromatic carbocycles. The molecule has 0 spiro atoms. The molecule has 0 radical (unpaired) electrons. The summed E-state index contributed by atoms with van der Waals surface area (Å²) in [6, 6.07) is 10.6. The van der Waals surface area contributed by atoms with Crippen molar-refractivity contribution in [1.29, 1.82) is 0 Å². The number of carbonyl (C=O) groups is 2. The number of rotatable bonds is 6. The van der Waals surface area contributed by atoms with Gasteiger partial charge in [-0.25, -0.2) is 0 Å². The highest BCUT2D eigenvalue weighted by Gasteiger charge is 2.34. The van der Waals surface area contributed by atoms with Crippen LogP contribution in [0.15, 0.2) is 40.9 Å². The highest BCUT2D eigenvalue weighted by atomic mass is 16.5. The van der Waals surface area contributed by atoms with Gasteiger partial charge >= 0.3 is 5.97 Å². The lowest BCUT2D eigenvalue weighted by molar-refractivity contribution is -0.137. The van der Waals surface area contributed by atoms with E-state index in [1.165, 1.54) is 0 Å². The second-order valence-corrected chi connectivity index (χ2v) is 5.46. The summed E-state index contributed by atoms with van der Waals surface area (Å²) in [6.07, 6.45) is 1.83. The summed E-state index contributed by atoms with van der Waals surface area (Å²) < 4.78 is 5.18. The molecule has 6 nitrogen and oxygen atoms in total. The van der Waals surface area contributed by atoms with Gasteiger partial charge in [0.2, 0.25) is 0 Å². The minimum Gasteiger partial charge on any atom is -0.481 e. The Morgan fingerprint density at radius 2 is 2.05 bits per heavy atom. The van der Waals surface area contributed by atoms with E-state index in [0.717, 1.165) is 18.4 Å². The molecule has 114 valence electrons. The van der Waals surface area contributed by atoms with Crippen LogP contribution in [0, 0.1) is 5.92 Å². The van der Waals surface area contributed by atoms with Crippen molar-refractivity contribution in [2.24, 2.45) is 5.92 Å². The van der Waals surface area contributed by atoms with Crippen molar-refractivity contribution in [2.75, 3.05) is 0 Å². The van der Waals surface area contributed by atoms with Crippen molar-refractivity contribution in [3.05, 3.63) is 42.1 Å². The molecule has 2 N–H and O–H groups in total. The summed E-state index contributed by atoms with van der Waals surface area (Å²) in [6.45, 7) is 0. The zero-order valence-electron chi connectivity index (χ0n) is 11.9. The van der Waals surface area contributed by atoms with Crippen LogP contribution in [0.25, 0.3) is 11.3 Å². The largest absolute Gasteiger partial charge is 0.481 e. The molecule has 0 aliphatic heterocycles. The first-order valence-corrected chi connectivity index (χ1v) is 7.18. The lowest BCUT2D eigenvalue weighted by Crippen LogP contribution is -2.38. The number of carboxylic acids is 1. The number of carboxylic acid groups (broad SMARTS) is 1. The monoisotopic (exact) mass is 300 g/mol. The summed E-state index contributed by atoms with van der Waals surface area (Å²) in [5, 5.41) is 15.4. The average molecular weight is 300 g/mol. The number of carbonyl (C=O) groups excluding carboxylic acids is 1. The molecule has 1 amide bonds. The van der Waals surface area contributed by atoms with Crippen molar-refractivity contribution in [3.8, 4) is 11.3 Å². The van der Waals surface area contributed by atoms with Crippen LogP contribution in [0.4, 0.5) is 0 Å². The predicted octanol–water partition coefficient (Wildman–Crippen LogP) is 2.32. The first-order valence-electron chi connectivity index (χ1n) is 7.18. The molecule has 0 unspecified atom stereocenters. The molecule has 0 bridgehead atoms. The van der Waals surface area contributed by atoms with E-state index in [-0.39, 0.29) is 24.1 Å². The maximum Gasteiger partial charge on any atom is 0.305 e. The highest BCUT2D eigenvalue weighted by Crippen LogP contribution is 2.34. The first-order chi connectivity index (χ1) is 10.6. The van der Waals surface area contributed by atoms with Crippen molar-refractivity contribution >= 4 is 11.9 Å². The minimum absolute atomic E-state index is 0.0696. The van der Waals surface area contributed by atoms with Gasteiger partial charge in [0, 0.05) is 17.7 Å². The van der Waals surface area contributed by atoms with Gasteiger partial charge < -0.3 is 14.9 Å². The molecule has 1 fully saturated rings. The molecule has 6 heteroatoms. The molecule has 3 rings (SSSR count). The van der Waals surface area contributed by atoms with E-state index in [1.807, 2.05) is 30.3 Å². The second-order valence-electron chi connectivity index (χ2n) is 5.46. The predicted molar refractivity (Wildman–Crippen MR) is 78.2 cm³/mol. The second kappa shape index (κ2) is 6.01. The Bertz CT molecular complexity index is 676. The Morgan fingerprint density at radius 1 is 1.32 bits per heavy atom. The van der Waals surface area contributed by atoms with E-state index in [0.29, 0.717) is 5.76 Å². The molecule has 1 aliphatic carbocycles. The molecular weight excluding hydrogens is 284 g/mol. The third-order valence-electron chi connectivity index (χ3n) is 3.70. The van der Waals surface area contributed by atoms with Crippen LogP contribution in [-0.2, 0) is 4.79 Å². The Balaban J connectivity index is 1.70. The van der Waals surface area contributed by atoms with Gasteiger partial charge in [0.25, 0.3) is 5.91 Å². The molecule has 1 saturated carbocycles. The van der Waals surface area contributed by atoms with Crippen LogP contribution in [0.5, 0.6) is 0 Å². The number of nitrogens with one attached hydrogen (secondary N) is 1.